The van der Waals surface area contributed by atoms with Crippen LogP contribution in [0.15, 0.2) is 0 Å². The molecular weight excluding hydrogens is 88.1 g/mol. The predicted octanol–water partition coefficient (Wildman–Crippen LogP) is 1.21. The molecule has 0 spiro atoms. The van der Waals surface area contributed by atoms with Crippen molar-refractivity contribution in [2.24, 2.45) is 0 Å². The minimum Gasteiger partial charge on any atom is -0.308 e. The Morgan fingerprint density at radius 1 is 1.57 bits per heavy atom. The van der Waals surface area contributed by atoms with Crippen molar-refractivity contribution in [3.8, 4) is 0 Å². The SMILES string of the molecule is [C-]#[N+]CC(C)[N+]#[C-]. The first-order valence-corrected chi connectivity index (χ1v) is 2.01. The van der Waals surface area contributed by atoms with Gasteiger partial charge in [-0.25, -0.2) is 13.1 Å². The van der Waals surface area contributed by atoms with Crippen LogP contribution in [0.2, 0.25) is 0 Å². The molecule has 0 N–H and O–H groups in total. The number of nitrogens with zero attached hydrogens (tertiary/aromatic N) is 2. The molecule has 0 saturated carbocycles. The summed E-state index contributed by atoms with van der Waals surface area (Å²) in [5.74, 6) is 0. The molecule has 0 aliphatic heterocycles. The van der Waals surface area contributed by atoms with Gasteiger partial charge in [-0.1, -0.05) is 0 Å². The van der Waals surface area contributed by atoms with Crippen molar-refractivity contribution in [1.29, 1.82) is 0 Å². The Morgan fingerprint density at radius 2 is 2.14 bits per heavy atom. The summed E-state index contributed by atoms with van der Waals surface area (Å²) in [7, 11) is 0. The van der Waals surface area contributed by atoms with Crippen LogP contribution in [-0.4, -0.2) is 12.6 Å². The number of hydrogen-bond donors (Lipinski definition) is 0. The van der Waals surface area contributed by atoms with Crippen molar-refractivity contribution in [2.75, 3.05) is 6.54 Å². The van der Waals surface area contributed by atoms with Crippen LogP contribution in [0, 0.1) is 13.1 Å². The van der Waals surface area contributed by atoms with E-state index in [2.05, 4.69) is 9.69 Å². The summed E-state index contributed by atoms with van der Waals surface area (Å²) in [4.78, 5) is 6.16. The Hall–Kier alpha value is -1.02. The molecule has 1 atom stereocenters. The highest BCUT2D eigenvalue weighted by Gasteiger charge is 2.03. The summed E-state index contributed by atoms with van der Waals surface area (Å²) < 4.78 is 0. The van der Waals surface area contributed by atoms with E-state index in [0.717, 1.165) is 0 Å². The molecule has 0 saturated heterocycles. The van der Waals surface area contributed by atoms with E-state index >= 15 is 0 Å². The lowest BCUT2D eigenvalue weighted by Crippen LogP contribution is -1.95. The quantitative estimate of drug-likeness (QED) is 0.432. The highest BCUT2D eigenvalue weighted by Crippen LogP contribution is 1.86. The summed E-state index contributed by atoms with van der Waals surface area (Å²) in [6.07, 6.45) is 0. The minimum absolute atomic E-state index is 0.113. The van der Waals surface area contributed by atoms with Crippen molar-refractivity contribution < 1.29 is 0 Å². The van der Waals surface area contributed by atoms with E-state index in [4.69, 9.17) is 13.1 Å². The number of hydrogen-bond acceptors (Lipinski definition) is 0. The van der Waals surface area contributed by atoms with Crippen molar-refractivity contribution >= 4 is 0 Å². The average molecular weight is 94.1 g/mol. The molecule has 0 fully saturated rings. The second-order valence-corrected chi connectivity index (χ2v) is 1.32. The Labute approximate surface area is 43.4 Å². The zero-order valence-electron chi connectivity index (χ0n) is 4.18. The summed E-state index contributed by atoms with van der Waals surface area (Å²) in [6, 6.07) is -0.113. The molecule has 36 valence electrons. The van der Waals surface area contributed by atoms with Gasteiger partial charge in [0.05, 0.1) is 0 Å². The maximum atomic E-state index is 6.39. The molecule has 2 nitrogen and oxygen atoms in total. The monoisotopic (exact) mass is 94.1 g/mol. The fourth-order valence-corrected chi connectivity index (χ4v) is 0.173. The normalized spacial score (nSPS) is 11.3. The topological polar surface area (TPSA) is 8.72 Å². The lowest BCUT2D eigenvalue weighted by Gasteiger charge is -1.80. The van der Waals surface area contributed by atoms with Gasteiger partial charge >= 0.3 is 0 Å². The molecule has 0 rings (SSSR count). The fraction of sp³-hybridized carbons (Fsp3) is 0.600. The molecule has 7 heavy (non-hydrogen) atoms. The van der Waals surface area contributed by atoms with Crippen LogP contribution in [0.1, 0.15) is 6.92 Å². The van der Waals surface area contributed by atoms with Crippen LogP contribution in [0.25, 0.3) is 9.69 Å². The first-order chi connectivity index (χ1) is 3.31. The first-order valence-electron chi connectivity index (χ1n) is 2.01. The van der Waals surface area contributed by atoms with Crippen molar-refractivity contribution in [1.82, 2.24) is 0 Å². The largest absolute Gasteiger partial charge is 0.308 e. The Kier molecular flexibility index (Phi) is 2.72. The third kappa shape index (κ3) is 2.79. The van der Waals surface area contributed by atoms with E-state index in [-0.39, 0.29) is 6.04 Å². The van der Waals surface area contributed by atoms with Crippen molar-refractivity contribution in [3.05, 3.63) is 22.8 Å². The fourth-order valence-electron chi connectivity index (χ4n) is 0.173. The second-order valence-electron chi connectivity index (χ2n) is 1.32. The van der Waals surface area contributed by atoms with Crippen LogP contribution in [-0.2, 0) is 0 Å². The van der Waals surface area contributed by atoms with Gasteiger partial charge in [0.2, 0.25) is 0 Å². The Bertz CT molecular complexity index is 115. The molecule has 1 unspecified atom stereocenters. The molecule has 0 radical (unpaired) electrons. The Balaban J connectivity index is 3.27. The van der Waals surface area contributed by atoms with Gasteiger partial charge in [-0.05, 0) is 0 Å². The molecule has 0 amide bonds. The second kappa shape index (κ2) is 3.18. The summed E-state index contributed by atoms with van der Waals surface area (Å²) in [5, 5.41) is 0. The van der Waals surface area contributed by atoms with E-state index in [1.165, 1.54) is 0 Å². The summed E-state index contributed by atoms with van der Waals surface area (Å²) in [5.41, 5.74) is 0. The smallest absolute Gasteiger partial charge is 0.291 e. The zero-order valence-corrected chi connectivity index (χ0v) is 4.18. The van der Waals surface area contributed by atoms with Gasteiger partial charge in [0.25, 0.3) is 12.6 Å². The van der Waals surface area contributed by atoms with Crippen molar-refractivity contribution in [2.45, 2.75) is 13.0 Å². The van der Waals surface area contributed by atoms with E-state index in [1.807, 2.05) is 0 Å². The van der Waals surface area contributed by atoms with Crippen molar-refractivity contribution in [3.63, 3.8) is 0 Å². The summed E-state index contributed by atoms with van der Waals surface area (Å²) >= 11 is 0. The van der Waals surface area contributed by atoms with Gasteiger partial charge in [-0.2, -0.15) is 0 Å². The van der Waals surface area contributed by atoms with Crippen LogP contribution >= 0.6 is 0 Å². The summed E-state index contributed by atoms with van der Waals surface area (Å²) in [6.45, 7) is 14.8. The maximum absolute atomic E-state index is 6.39. The predicted molar refractivity (Wildman–Crippen MR) is 27.5 cm³/mol. The van der Waals surface area contributed by atoms with Gasteiger partial charge < -0.3 is 9.69 Å². The van der Waals surface area contributed by atoms with Crippen LogP contribution in [0.4, 0.5) is 0 Å². The lowest BCUT2D eigenvalue weighted by atomic mass is 10.4. The molecule has 0 bridgehead atoms. The average Bonchev–Trinajstić information content (AvgIpc) is 1.68. The standard InChI is InChI=1S/C5H6N2/c1-5(7-3)4-6-2/h5H,4H2,1H3. The molecule has 2 heteroatoms. The third-order valence-corrected chi connectivity index (χ3v) is 0.576. The Morgan fingerprint density at radius 3 is 2.29 bits per heavy atom. The van der Waals surface area contributed by atoms with E-state index in [9.17, 15) is 0 Å². The van der Waals surface area contributed by atoms with Gasteiger partial charge in [-0.3, -0.25) is 0 Å². The van der Waals surface area contributed by atoms with Crippen LogP contribution < -0.4 is 0 Å². The lowest BCUT2D eigenvalue weighted by molar-refractivity contribution is 0.934. The van der Waals surface area contributed by atoms with E-state index in [0.29, 0.717) is 6.54 Å². The third-order valence-electron chi connectivity index (χ3n) is 0.576. The van der Waals surface area contributed by atoms with E-state index < -0.39 is 0 Å². The molecule has 0 aromatic rings. The van der Waals surface area contributed by atoms with Crippen LogP contribution in [0.3, 0.4) is 0 Å². The molecule has 0 aromatic carbocycles. The highest BCUT2D eigenvalue weighted by molar-refractivity contribution is 4.80. The van der Waals surface area contributed by atoms with E-state index in [1.54, 1.807) is 6.92 Å². The molecule has 0 aliphatic rings. The van der Waals surface area contributed by atoms with Crippen LogP contribution in [0.5, 0.6) is 0 Å². The molecule has 0 heterocycles. The van der Waals surface area contributed by atoms with Gasteiger partial charge in [0.15, 0.2) is 0 Å². The molecular formula is C5H6N2. The maximum Gasteiger partial charge on any atom is 0.291 e. The van der Waals surface area contributed by atoms with Gasteiger partial charge in [0.1, 0.15) is 0 Å². The van der Waals surface area contributed by atoms with Gasteiger partial charge in [0, 0.05) is 6.92 Å². The zero-order chi connectivity index (χ0) is 5.70. The first kappa shape index (κ1) is 5.98. The molecule has 0 aliphatic carbocycles. The minimum atomic E-state index is -0.113. The van der Waals surface area contributed by atoms with Gasteiger partial charge in [-0.15, -0.1) is 0 Å². The highest BCUT2D eigenvalue weighted by atomic mass is 14.8. The molecule has 0 aromatic heterocycles. The number of rotatable bonds is 1.